The first-order valence-electron chi connectivity index (χ1n) is 6.46. The van der Waals surface area contributed by atoms with Crippen molar-refractivity contribution in [2.24, 2.45) is 0 Å². The van der Waals surface area contributed by atoms with Gasteiger partial charge in [-0.3, -0.25) is 20.0 Å². The Morgan fingerprint density at radius 1 is 1.38 bits per heavy atom. The van der Waals surface area contributed by atoms with E-state index in [1.165, 1.54) is 6.07 Å². The van der Waals surface area contributed by atoms with E-state index in [0.717, 1.165) is 11.1 Å². The number of rotatable bonds is 4. The van der Waals surface area contributed by atoms with Crippen LogP contribution in [-0.4, -0.2) is 21.0 Å². The Bertz CT molecular complexity index is 696. The van der Waals surface area contributed by atoms with Crippen molar-refractivity contribution in [3.63, 3.8) is 0 Å². The number of carbonyl (C=O) groups is 1. The van der Waals surface area contributed by atoms with Gasteiger partial charge in [0.05, 0.1) is 16.8 Å². The van der Waals surface area contributed by atoms with E-state index in [0.29, 0.717) is 30.8 Å². The highest BCUT2D eigenvalue weighted by atomic mass is 16.6. The number of H-pyrrole nitrogens is 1. The van der Waals surface area contributed by atoms with Gasteiger partial charge in [-0.2, -0.15) is 5.10 Å². The number of benzene rings is 1. The summed E-state index contributed by atoms with van der Waals surface area (Å²) in [6, 6.07) is 3.14. The highest BCUT2D eigenvalue weighted by Gasteiger charge is 2.22. The molecule has 1 aliphatic heterocycles. The van der Waals surface area contributed by atoms with Gasteiger partial charge < -0.3 is 10.6 Å². The van der Waals surface area contributed by atoms with E-state index >= 15 is 0 Å². The van der Waals surface area contributed by atoms with Crippen LogP contribution in [0, 0.1) is 10.1 Å². The van der Waals surface area contributed by atoms with E-state index in [1.54, 1.807) is 18.5 Å². The lowest BCUT2D eigenvalue weighted by Gasteiger charge is -2.18. The van der Waals surface area contributed by atoms with Crippen molar-refractivity contribution >= 4 is 23.0 Å². The average molecular weight is 287 g/mol. The number of hydrogen-bond acceptors (Lipinski definition) is 5. The number of nitrogens with one attached hydrogen (secondary N) is 3. The molecule has 8 nitrogen and oxygen atoms in total. The second-order valence-corrected chi connectivity index (χ2v) is 4.79. The molecule has 1 aromatic heterocycles. The molecule has 0 spiro atoms. The van der Waals surface area contributed by atoms with Crippen molar-refractivity contribution in [3.8, 4) is 0 Å². The Labute approximate surface area is 119 Å². The number of aromatic nitrogens is 2. The molecule has 1 aliphatic rings. The number of aryl methyl sites for hydroxylation is 1. The maximum atomic E-state index is 11.4. The van der Waals surface area contributed by atoms with Crippen LogP contribution in [0.3, 0.4) is 0 Å². The molecule has 2 heterocycles. The van der Waals surface area contributed by atoms with Crippen molar-refractivity contribution < 1.29 is 9.72 Å². The Balaban J connectivity index is 1.91. The van der Waals surface area contributed by atoms with Gasteiger partial charge in [-0.1, -0.05) is 0 Å². The quantitative estimate of drug-likeness (QED) is 0.586. The number of carbonyl (C=O) groups excluding carboxylic acids is 1. The summed E-state index contributed by atoms with van der Waals surface area (Å²) < 4.78 is 0. The maximum absolute atomic E-state index is 11.4. The highest BCUT2D eigenvalue weighted by molar-refractivity contribution is 5.95. The van der Waals surface area contributed by atoms with Gasteiger partial charge in [-0.25, -0.2) is 0 Å². The normalized spacial score (nSPS) is 13.4. The van der Waals surface area contributed by atoms with Gasteiger partial charge in [0.25, 0.3) is 5.69 Å². The number of aromatic amines is 1. The van der Waals surface area contributed by atoms with Gasteiger partial charge in [-0.15, -0.1) is 0 Å². The molecule has 3 rings (SSSR count). The number of nitro groups is 1. The fraction of sp³-hybridized carbons (Fsp3) is 0.231. The van der Waals surface area contributed by atoms with E-state index in [1.807, 2.05) is 0 Å². The first kappa shape index (κ1) is 13.1. The molecule has 1 aromatic carbocycles. The molecule has 21 heavy (non-hydrogen) atoms. The van der Waals surface area contributed by atoms with Crippen molar-refractivity contribution in [3.05, 3.63) is 45.8 Å². The fourth-order valence-corrected chi connectivity index (χ4v) is 2.28. The van der Waals surface area contributed by atoms with Gasteiger partial charge in [0.2, 0.25) is 5.91 Å². The smallest absolute Gasteiger partial charge is 0.294 e. The van der Waals surface area contributed by atoms with E-state index in [2.05, 4.69) is 20.8 Å². The molecule has 0 atom stereocenters. The topological polar surface area (TPSA) is 113 Å². The lowest BCUT2D eigenvalue weighted by Crippen LogP contribution is -2.19. The van der Waals surface area contributed by atoms with E-state index in [4.69, 9.17) is 0 Å². The lowest BCUT2D eigenvalue weighted by atomic mass is 10.0. The minimum atomic E-state index is -0.460. The summed E-state index contributed by atoms with van der Waals surface area (Å²) in [6.45, 7) is 0.433. The Hall–Kier alpha value is -2.90. The third-order valence-electron chi connectivity index (χ3n) is 3.35. The zero-order valence-corrected chi connectivity index (χ0v) is 11.0. The largest absolute Gasteiger partial charge is 0.375 e. The minimum Gasteiger partial charge on any atom is -0.375 e. The van der Waals surface area contributed by atoms with Gasteiger partial charge >= 0.3 is 0 Å². The molecule has 1 amide bonds. The second kappa shape index (κ2) is 5.23. The summed E-state index contributed by atoms with van der Waals surface area (Å²) in [7, 11) is 0. The predicted molar refractivity (Wildman–Crippen MR) is 76.0 cm³/mol. The SMILES string of the molecule is O=C1CCc2cc(NCc3cn[nH]c3)c([N+](=O)[O-])cc2N1. The number of anilines is 2. The number of nitrogens with zero attached hydrogens (tertiary/aromatic N) is 2. The van der Waals surface area contributed by atoms with E-state index in [-0.39, 0.29) is 11.6 Å². The van der Waals surface area contributed by atoms with Crippen LogP contribution in [0.4, 0.5) is 17.1 Å². The summed E-state index contributed by atoms with van der Waals surface area (Å²) in [6.07, 6.45) is 4.35. The molecule has 8 heteroatoms. The lowest BCUT2D eigenvalue weighted by molar-refractivity contribution is -0.383. The van der Waals surface area contributed by atoms with Crippen LogP contribution in [-0.2, 0) is 17.8 Å². The van der Waals surface area contributed by atoms with Crippen molar-refractivity contribution in [1.29, 1.82) is 0 Å². The molecule has 0 unspecified atom stereocenters. The number of amides is 1. The molecule has 0 fully saturated rings. The molecule has 0 aliphatic carbocycles. The molecule has 108 valence electrons. The first-order valence-corrected chi connectivity index (χ1v) is 6.46. The van der Waals surface area contributed by atoms with E-state index < -0.39 is 4.92 Å². The van der Waals surface area contributed by atoms with Crippen LogP contribution >= 0.6 is 0 Å². The van der Waals surface area contributed by atoms with Crippen LogP contribution < -0.4 is 10.6 Å². The second-order valence-electron chi connectivity index (χ2n) is 4.79. The summed E-state index contributed by atoms with van der Waals surface area (Å²) in [5, 5.41) is 23.4. The molecule has 0 bridgehead atoms. The molecule has 0 saturated heterocycles. The summed E-state index contributed by atoms with van der Waals surface area (Å²) in [5.74, 6) is -0.115. The average Bonchev–Trinajstić information content (AvgIpc) is 2.97. The van der Waals surface area contributed by atoms with Crippen LogP contribution in [0.25, 0.3) is 0 Å². The van der Waals surface area contributed by atoms with Crippen LogP contribution in [0.5, 0.6) is 0 Å². The molecular weight excluding hydrogens is 274 g/mol. The van der Waals surface area contributed by atoms with E-state index in [9.17, 15) is 14.9 Å². The molecule has 0 saturated carbocycles. The third-order valence-corrected chi connectivity index (χ3v) is 3.35. The zero-order valence-electron chi connectivity index (χ0n) is 11.0. The summed E-state index contributed by atoms with van der Waals surface area (Å²) in [4.78, 5) is 22.1. The van der Waals surface area contributed by atoms with Crippen molar-refractivity contribution in [2.45, 2.75) is 19.4 Å². The fourth-order valence-electron chi connectivity index (χ4n) is 2.28. The molecule has 0 radical (unpaired) electrons. The van der Waals surface area contributed by atoms with Crippen LogP contribution in [0.1, 0.15) is 17.5 Å². The number of hydrogen-bond donors (Lipinski definition) is 3. The standard InChI is InChI=1S/C13H13N5O3/c19-13-2-1-9-3-11(14-5-8-6-15-16-7-8)12(18(20)21)4-10(9)17-13/h3-4,6-7,14H,1-2,5H2,(H,15,16)(H,17,19). The summed E-state index contributed by atoms with van der Waals surface area (Å²) >= 11 is 0. The Kier molecular flexibility index (Phi) is 3.27. The van der Waals surface area contributed by atoms with Crippen molar-refractivity contribution in [1.82, 2.24) is 10.2 Å². The predicted octanol–water partition coefficient (Wildman–Crippen LogP) is 1.81. The van der Waals surface area contributed by atoms with Gasteiger partial charge in [0, 0.05) is 30.8 Å². The summed E-state index contributed by atoms with van der Waals surface area (Å²) in [5.41, 5.74) is 2.70. The Morgan fingerprint density at radius 2 is 2.24 bits per heavy atom. The minimum absolute atomic E-state index is 0.0561. The van der Waals surface area contributed by atoms with Gasteiger partial charge in [0.15, 0.2) is 0 Å². The van der Waals surface area contributed by atoms with Crippen molar-refractivity contribution in [2.75, 3.05) is 10.6 Å². The third kappa shape index (κ3) is 2.69. The van der Waals surface area contributed by atoms with Crippen LogP contribution in [0.15, 0.2) is 24.5 Å². The highest BCUT2D eigenvalue weighted by Crippen LogP contribution is 2.34. The van der Waals surface area contributed by atoms with Gasteiger partial charge in [-0.05, 0) is 18.1 Å². The molecular formula is C13H13N5O3. The molecule has 3 N–H and O–H groups in total. The molecule has 2 aromatic rings. The van der Waals surface area contributed by atoms with Gasteiger partial charge in [0.1, 0.15) is 5.69 Å². The first-order chi connectivity index (χ1) is 10.1. The Morgan fingerprint density at radius 3 is 2.95 bits per heavy atom. The zero-order chi connectivity index (χ0) is 14.8. The number of fused-ring (bicyclic) bond motifs is 1. The van der Waals surface area contributed by atoms with Crippen LogP contribution in [0.2, 0.25) is 0 Å². The monoisotopic (exact) mass is 287 g/mol. The number of nitro benzene ring substituents is 1. The maximum Gasteiger partial charge on any atom is 0.294 e.